The second-order valence-electron chi connectivity index (χ2n) is 5.67. The molecule has 19 heavy (non-hydrogen) atoms. The van der Waals surface area contributed by atoms with E-state index < -0.39 is 5.41 Å². The molecule has 2 rings (SSSR count). The van der Waals surface area contributed by atoms with Crippen LogP contribution in [0.15, 0.2) is 12.1 Å². The van der Waals surface area contributed by atoms with E-state index in [-0.39, 0.29) is 18.6 Å². The summed E-state index contributed by atoms with van der Waals surface area (Å²) in [6, 6.07) is 3.17. The number of anilines is 1. The molecule has 0 radical (unpaired) electrons. The van der Waals surface area contributed by atoms with Crippen molar-refractivity contribution in [1.82, 2.24) is 0 Å². The number of hydrogen-bond acceptors (Lipinski definition) is 2. The van der Waals surface area contributed by atoms with Crippen LogP contribution in [0.4, 0.5) is 10.1 Å². The van der Waals surface area contributed by atoms with E-state index in [0.717, 1.165) is 11.9 Å². The lowest BCUT2D eigenvalue weighted by atomic mass is 9.64. The first kappa shape index (κ1) is 14.1. The maximum atomic E-state index is 13.9. The van der Waals surface area contributed by atoms with Crippen LogP contribution in [0, 0.1) is 11.2 Å². The number of amides is 1. The minimum Gasteiger partial charge on any atom is -0.427 e. The highest BCUT2D eigenvalue weighted by Gasteiger charge is 2.29. The van der Waals surface area contributed by atoms with E-state index in [0.29, 0.717) is 17.9 Å². The van der Waals surface area contributed by atoms with Crippen LogP contribution in [0.2, 0.25) is 6.82 Å². The Labute approximate surface area is 113 Å². The van der Waals surface area contributed by atoms with Gasteiger partial charge in [0.05, 0.1) is 6.61 Å². The first-order chi connectivity index (χ1) is 8.85. The molecular weight excluding hydrogens is 244 g/mol. The lowest BCUT2D eigenvalue weighted by Gasteiger charge is -2.21. The molecule has 1 N–H and O–H groups in total. The molecule has 1 aromatic rings. The molecule has 0 saturated heterocycles. The van der Waals surface area contributed by atoms with Gasteiger partial charge in [-0.15, -0.1) is 0 Å². The Balaban J connectivity index is 2.26. The van der Waals surface area contributed by atoms with Gasteiger partial charge in [-0.3, -0.25) is 4.79 Å². The minimum absolute atomic E-state index is 0.0964. The van der Waals surface area contributed by atoms with Crippen molar-refractivity contribution in [3.63, 3.8) is 0 Å². The molecule has 1 amide bonds. The van der Waals surface area contributed by atoms with E-state index in [1.807, 2.05) is 27.6 Å². The number of carbonyl (C=O) groups excluding carboxylic acids is 1. The van der Waals surface area contributed by atoms with Crippen molar-refractivity contribution in [3.8, 4) is 0 Å². The largest absolute Gasteiger partial charge is 0.427 e. The molecule has 0 saturated carbocycles. The van der Waals surface area contributed by atoms with E-state index >= 15 is 0 Å². The van der Waals surface area contributed by atoms with Gasteiger partial charge in [0.2, 0.25) is 5.91 Å². The molecule has 1 aliphatic heterocycles. The van der Waals surface area contributed by atoms with Gasteiger partial charge < -0.3 is 9.97 Å². The molecular formula is C14H19BFNO2. The lowest BCUT2D eigenvalue weighted by molar-refractivity contribution is -0.124. The van der Waals surface area contributed by atoms with Gasteiger partial charge in [-0.05, 0) is 24.0 Å². The molecule has 0 spiro atoms. The third kappa shape index (κ3) is 2.66. The van der Waals surface area contributed by atoms with Gasteiger partial charge in [0.25, 0.3) is 0 Å². The molecule has 0 bridgehead atoms. The van der Waals surface area contributed by atoms with Crippen molar-refractivity contribution in [2.75, 3.05) is 5.32 Å². The Morgan fingerprint density at radius 3 is 2.84 bits per heavy atom. The number of benzene rings is 1. The standard InChI is InChI=1S/C14H19BFNO2/c1-5-14(2,3)13(18)17-9-6-11-10(12(16)7-9)8-19-15(11)4/h6-7H,5,8H2,1-4H3,(H,17,18). The normalized spacial score (nSPS) is 14.5. The van der Waals surface area contributed by atoms with E-state index in [4.69, 9.17) is 4.65 Å². The highest BCUT2D eigenvalue weighted by atomic mass is 19.1. The summed E-state index contributed by atoms with van der Waals surface area (Å²) in [6.07, 6.45) is 0.728. The van der Waals surface area contributed by atoms with Crippen LogP contribution in [0.3, 0.4) is 0 Å². The molecule has 0 aliphatic carbocycles. The zero-order chi connectivity index (χ0) is 14.2. The van der Waals surface area contributed by atoms with Gasteiger partial charge in [0.1, 0.15) is 5.82 Å². The van der Waals surface area contributed by atoms with Gasteiger partial charge in [0, 0.05) is 16.7 Å². The molecule has 0 aromatic heterocycles. The Bertz CT molecular complexity index is 516. The molecule has 0 fully saturated rings. The monoisotopic (exact) mass is 263 g/mol. The van der Waals surface area contributed by atoms with E-state index in [1.54, 1.807) is 6.07 Å². The van der Waals surface area contributed by atoms with Crippen LogP contribution in [0.5, 0.6) is 0 Å². The molecule has 1 aromatic carbocycles. The molecule has 3 nitrogen and oxygen atoms in total. The molecule has 5 heteroatoms. The SMILES string of the molecule is CCC(C)(C)C(=O)Nc1cc(F)c2c(c1)B(C)OC2. The zero-order valence-electron chi connectivity index (χ0n) is 11.8. The van der Waals surface area contributed by atoms with Crippen molar-refractivity contribution >= 4 is 24.0 Å². The maximum absolute atomic E-state index is 13.9. The van der Waals surface area contributed by atoms with Crippen molar-refractivity contribution in [2.45, 2.75) is 40.6 Å². The first-order valence-corrected chi connectivity index (χ1v) is 6.60. The van der Waals surface area contributed by atoms with Gasteiger partial charge in [-0.1, -0.05) is 27.6 Å². The molecule has 1 aliphatic rings. The van der Waals surface area contributed by atoms with Crippen molar-refractivity contribution in [2.24, 2.45) is 5.41 Å². The fourth-order valence-corrected chi connectivity index (χ4v) is 2.00. The average molecular weight is 263 g/mol. The van der Waals surface area contributed by atoms with Gasteiger partial charge in [-0.25, -0.2) is 4.39 Å². The van der Waals surface area contributed by atoms with Crippen molar-refractivity contribution < 1.29 is 13.8 Å². The van der Waals surface area contributed by atoms with Crippen molar-refractivity contribution in [3.05, 3.63) is 23.5 Å². The quantitative estimate of drug-likeness (QED) is 0.851. The van der Waals surface area contributed by atoms with E-state index in [2.05, 4.69) is 5.32 Å². The second kappa shape index (κ2) is 4.97. The highest BCUT2D eigenvalue weighted by molar-refractivity contribution is 6.67. The summed E-state index contributed by atoms with van der Waals surface area (Å²) in [5, 5.41) is 2.79. The number of nitrogens with one attached hydrogen (secondary N) is 1. The summed E-state index contributed by atoms with van der Waals surface area (Å²) in [6.45, 7) is 7.76. The van der Waals surface area contributed by atoms with Gasteiger partial charge >= 0.3 is 6.92 Å². The number of hydrogen-bond donors (Lipinski definition) is 1. The summed E-state index contributed by atoms with van der Waals surface area (Å²) in [4.78, 5) is 12.1. The summed E-state index contributed by atoms with van der Waals surface area (Å²) in [5.74, 6) is -0.410. The summed E-state index contributed by atoms with van der Waals surface area (Å²) < 4.78 is 19.3. The first-order valence-electron chi connectivity index (χ1n) is 6.60. The van der Waals surface area contributed by atoms with Crippen LogP contribution in [0.1, 0.15) is 32.8 Å². The minimum atomic E-state index is -0.461. The molecule has 0 atom stereocenters. The predicted molar refractivity (Wildman–Crippen MR) is 75.1 cm³/mol. The van der Waals surface area contributed by atoms with Crippen LogP contribution in [0.25, 0.3) is 0 Å². The third-order valence-electron chi connectivity index (χ3n) is 3.90. The van der Waals surface area contributed by atoms with E-state index in [1.165, 1.54) is 6.07 Å². The fraction of sp³-hybridized carbons (Fsp3) is 0.500. The van der Waals surface area contributed by atoms with Crippen LogP contribution in [-0.2, 0) is 16.1 Å². The van der Waals surface area contributed by atoms with Crippen LogP contribution >= 0.6 is 0 Å². The molecule has 102 valence electrons. The maximum Gasteiger partial charge on any atom is 0.324 e. The predicted octanol–water partition coefficient (Wildman–Crippen LogP) is 2.56. The molecule has 0 unspecified atom stereocenters. The lowest BCUT2D eigenvalue weighted by Crippen LogP contribution is -2.31. The number of carbonyl (C=O) groups is 1. The Morgan fingerprint density at radius 2 is 2.21 bits per heavy atom. The van der Waals surface area contributed by atoms with Crippen LogP contribution < -0.4 is 10.8 Å². The number of fused-ring (bicyclic) bond motifs is 1. The Hall–Kier alpha value is -1.36. The third-order valence-corrected chi connectivity index (χ3v) is 3.90. The van der Waals surface area contributed by atoms with Gasteiger partial charge in [0.15, 0.2) is 0 Å². The van der Waals surface area contributed by atoms with Crippen LogP contribution in [-0.4, -0.2) is 12.8 Å². The Morgan fingerprint density at radius 1 is 1.53 bits per heavy atom. The number of halogens is 1. The van der Waals surface area contributed by atoms with Crippen molar-refractivity contribution in [1.29, 1.82) is 0 Å². The summed E-state index contributed by atoms with van der Waals surface area (Å²) >= 11 is 0. The smallest absolute Gasteiger partial charge is 0.324 e. The molecule has 1 heterocycles. The second-order valence-corrected chi connectivity index (χ2v) is 5.67. The fourth-order valence-electron chi connectivity index (χ4n) is 2.00. The summed E-state index contributed by atoms with van der Waals surface area (Å²) in [7, 11) is 0. The summed E-state index contributed by atoms with van der Waals surface area (Å²) in [5.41, 5.74) is 1.46. The number of rotatable bonds is 3. The van der Waals surface area contributed by atoms with Gasteiger partial charge in [-0.2, -0.15) is 0 Å². The Kier molecular flexibility index (Phi) is 3.67. The average Bonchev–Trinajstić information content (AvgIpc) is 2.72. The highest BCUT2D eigenvalue weighted by Crippen LogP contribution is 2.24. The zero-order valence-corrected chi connectivity index (χ0v) is 11.8. The van der Waals surface area contributed by atoms with E-state index in [9.17, 15) is 9.18 Å². The topological polar surface area (TPSA) is 38.3 Å².